The number of anilines is 1. The number of fused-ring (bicyclic) bond motifs is 1. The Morgan fingerprint density at radius 1 is 1.29 bits per heavy atom. The van der Waals surface area contributed by atoms with Crippen LogP contribution in [0.25, 0.3) is 0 Å². The molecule has 0 amide bonds. The lowest BCUT2D eigenvalue weighted by Crippen LogP contribution is -2.41. The van der Waals surface area contributed by atoms with Crippen molar-refractivity contribution in [2.75, 3.05) is 18.7 Å². The Balaban J connectivity index is 1.56. The Hall–Kier alpha value is -1.95. The van der Waals surface area contributed by atoms with Crippen LogP contribution < -0.4 is 14.8 Å². The molecule has 0 radical (unpaired) electrons. The number of carboxylic acid groups (broad SMARTS) is 1. The second-order valence-electron chi connectivity index (χ2n) is 5.76. The van der Waals surface area contributed by atoms with Gasteiger partial charge < -0.3 is 25.0 Å². The number of ether oxygens (including phenoxy) is 2. The van der Waals surface area contributed by atoms with Crippen LogP contribution in [-0.2, 0) is 4.79 Å². The first-order valence-corrected chi connectivity index (χ1v) is 7.14. The SMILES string of the molecule is O=C(O)C1CCC(O)(CNc2ccc3c(c2)OCO3)CC1. The van der Waals surface area contributed by atoms with Crippen LogP contribution in [0.3, 0.4) is 0 Å². The van der Waals surface area contributed by atoms with Crippen LogP contribution in [0.2, 0.25) is 0 Å². The lowest BCUT2D eigenvalue weighted by Gasteiger charge is -2.35. The fraction of sp³-hybridized carbons (Fsp3) is 0.533. The second kappa shape index (κ2) is 5.44. The number of aliphatic hydroxyl groups is 1. The molecule has 1 heterocycles. The van der Waals surface area contributed by atoms with E-state index in [0.29, 0.717) is 38.0 Å². The standard InChI is InChI=1S/C15H19NO5/c17-14(18)10-3-5-15(19,6-4-10)8-16-11-1-2-12-13(7-11)21-9-20-12/h1-2,7,10,16,19H,3-6,8-9H2,(H,17,18). The minimum atomic E-state index is -0.845. The number of benzene rings is 1. The third kappa shape index (κ3) is 3.05. The summed E-state index contributed by atoms with van der Waals surface area (Å²) >= 11 is 0. The lowest BCUT2D eigenvalue weighted by molar-refractivity contribution is -0.144. The smallest absolute Gasteiger partial charge is 0.306 e. The Bertz CT molecular complexity index is 537. The molecule has 1 aromatic rings. The van der Waals surface area contributed by atoms with Gasteiger partial charge in [0.15, 0.2) is 11.5 Å². The van der Waals surface area contributed by atoms with Crippen molar-refractivity contribution >= 4 is 11.7 Å². The van der Waals surface area contributed by atoms with Crippen LogP contribution in [0.4, 0.5) is 5.69 Å². The van der Waals surface area contributed by atoms with Crippen LogP contribution in [0.15, 0.2) is 18.2 Å². The zero-order valence-electron chi connectivity index (χ0n) is 11.7. The monoisotopic (exact) mass is 293 g/mol. The molecule has 1 fully saturated rings. The maximum atomic E-state index is 10.9. The maximum Gasteiger partial charge on any atom is 0.306 e. The Morgan fingerprint density at radius 2 is 2.00 bits per heavy atom. The van der Waals surface area contributed by atoms with Crippen molar-refractivity contribution in [1.29, 1.82) is 0 Å². The van der Waals surface area contributed by atoms with E-state index in [4.69, 9.17) is 14.6 Å². The molecule has 6 heteroatoms. The molecule has 0 bridgehead atoms. The molecule has 0 unspecified atom stereocenters. The molecule has 1 aromatic carbocycles. The molecule has 3 rings (SSSR count). The number of aliphatic carboxylic acids is 1. The molecule has 1 aliphatic carbocycles. The Morgan fingerprint density at radius 3 is 2.71 bits per heavy atom. The molecule has 114 valence electrons. The third-order valence-corrected chi connectivity index (χ3v) is 4.26. The minimum absolute atomic E-state index is 0.235. The van der Waals surface area contributed by atoms with Gasteiger partial charge >= 0.3 is 5.97 Å². The van der Waals surface area contributed by atoms with Crippen LogP contribution in [0.1, 0.15) is 25.7 Å². The number of nitrogens with one attached hydrogen (secondary N) is 1. The number of hydrogen-bond acceptors (Lipinski definition) is 5. The van der Waals surface area contributed by atoms with Crippen LogP contribution in [0, 0.1) is 5.92 Å². The molecule has 3 N–H and O–H groups in total. The van der Waals surface area contributed by atoms with Crippen molar-refractivity contribution in [3.63, 3.8) is 0 Å². The largest absolute Gasteiger partial charge is 0.481 e. The van der Waals surface area contributed by atoms with Gasteiger partial charge in [-0.2, -0.15) is 0 Å². The van der Waals surface area contributed by atoms with E-state index < -0.39 is 11.6 Å². The first kappa shape index (κ1) is 14.0. The average molecular weight is 293 g/mol. The van der Waals surface area contributed by atoms with Gasteiger partial charge in [0, 0.05) is 18.3 Å². The number of hydrogen-bond donors (Lipinski definition) is 3. The number of carboxylic acids is 1. The molecule has 0 saturated heterocycles. The van der Waals surface area contributed by atoms with E-state index in [-0.39, 0.29) is 12.7 Å². The normalized spacial score (nSPS) is 27.4. The highest BCUT2D eigenvalue weighted by Crippen LogP contribution is 2.36. The van der Waals surface area contributed by atoms with Gasteiger partial charge in [-0.15, -0.1) is 0 Å². The fourth-order valence-electron chi connectivity index (χ4n) is 2.85. The van der Waals surface area contributed by atoms with Crippen molar-refractivity contribution < 1.29 is 24.5 Å². The van der Waals surface area contributed by atoms with E-state index in [9.17, 15) is 9.90 Å². The fourth-order valence-corrected chi connectivity index (χ4v) is 2.85. The van der Waals surface area contributed by atoms with Crippen molar-refractivity contribution in [2.45, 2.75) is 31.3 Å². The lowest BCUT2D eigenvalue weighted by atomic mass is 9.79. The predicted molar refractivity (Wildman–Crippen MR) is 75.6 cm³/mol. The van der Waals surface area contributed by atoms with Crippen LogP contribution >= 0.6 is 0 Å². The predicted octanol–water partition coefficient (Wildman–Crippen LogP) is 1.83. The molecular formula is C15H19NO5. The second-order valence-corrected chi connectivity index (χ2v) is 5.76. The summed E-state index contributed by atoms with van der Waals surface area (Å²) in [6.07, 6.45) is 2.05. The van der Waals surface area contributed by atoms with Crippen molar-refractivity contribution in [3.8, 4) is 11.5 Å². The summed E-state index contributed by atoms with van der Waals surface area (Å²) in [4.78, 5) is 10.9. The highest BCUT2D eigenvalue weighted by atomic mass is 16.7. The van der Waals surface area contributed by atoms with E-state index in [1.54, 1.807) is 0 Å². The molecule has 0 spiro atoms. The van der Waals surface area contributed by atoms with Crippen LogP contribution in [0.5, 0.6) is 11.5 Å². The van der Waals surface area contributed by atoms with Gasteiger partial charge in [0.2, 0.25) is 6.79 Å². The molecule has 0 atom stereocenters. The van der Waals surface area contributed by atoms with Crippen molar-refractivity contribution in [1.82, 2.24) is 0 Å². The molecule has 2 aliphatic rings. The molecule has 0 aromatic heterocycles. The average Bonchev–Trinajstić information content (AvgIpc) is 2.93. The quantitative estimate of drug-likeness (QED) is 0.785. The third-order valence-electron chi connectivity index (χ3n) is 4.26. The molecule has 6 nitrogen and oxygen atoms in total. The Labute approximate surface area is 122 Å². The topological polar surface area (TPSA) is 88.0 Å². The van der Waals surface area contributed by atoms with E-state index in [2.05, 4.69) is 5.32 Å². The van der Waals surface area contributed by atoms with E-state index in [1.165, 1.54) is 0 Å². The van der Waals surface area contributed by atoms with Gasteiger partial charge in [0.25, 0.3) is 0 Å². The van der Waals surface area contributed by atoms with Crippen LogP contribution in [-0.4, -0.2) is 35.1 Å². The first-order valence-electron chi connectivity index (χ1n) is 7.14. The van der Waals surface area contributed by atoms with Gasteiger partial charge in [0.05, 0.1) is 11.5 Å². The van der Waals surface area contributed by atoms with E-state index >= 15 is 0 Å². The highest BCUT2D eigenvalue weighted by molar-refractivity contribution is 5.70. The highest BCUT2D eigenvalue weighted by Gasteiger charge is 2.35. The number of carbonyl (C=O) groups is 1. The maximum absolute atomic E-state index is 10.9. The Kier molecular flexibility index (Phi) is 3.63. The summed E-state index contributed by atoms with van der Waals surface area (Å²) in [5.74, 6) is 0.333. The van der Waals surface area contributed by atoms with Gasteiger partial charge in [-0.05, 0) is 37.8 Å². The minimum Gasteiger partial charge on any atom is -0.481 e. The number of rotatable bonds is 4. The van der Waals surface area contributed by atoms with Gasteiger partial charge in [-0.25, -0.2) is 0 Å². The molecule has 1 aliphatic heterocycles. The first-order chi connectivity index (χ1) is 10.1. The summed E-state index contributed by atoms with van der Waals surface area (Å²) in [6, 6.07) is 5.55. The van der Waals surface area contributed by atoms with Crippen molar-refractivity contribution in [2.24, 2.45) is 5.92 Å². The van der Waals surface area contributed by atoms with Gasteiger partial charge in [0.1, 0.15) is 0 Å². The summed E-state index contributed by atoms with van der Waals surface area (Å²) in [5, 5.41) is 22.7. The molecule has 21 heavy (non-hydrogen) atoms. The summed E-state index contributed by atoms with van der Waals surface area (Å²) in [5.41, 5.74) is 0.00974. The van der Waals surface area contributed by atoms with E-state index in [1.807, 2.05) is 18.2 Å². The zero-order valence-corrected chi connectivity index (χ0v) is 11.7. The van der Waals surface area contributed by atoms with Gasteiger partial charge in [-0.1, -0.05) is 0 Å². The van der Waals surface area contributed by atoms with Gasteiger partial charge in [-0.3, -0.25) is 4.79 Å². The zero-order chi connectivity index (χ0) is 14.9. The molecule has 1 saturated carbocycles. The van der Waals surface area contributed by atoms with Crippen molar-refractivity contribution in [3.05, 3.63) is 18.2 Å². The summed E-state index contributed by atoms with van der Waals surface area (Å²) in [6.45, 7) is 0.637. The molecular weight excluding hydrogens is 274 g/mol. The van der Waals surface area contributed by atoms with E-state index in [0.717, 1.165) is 11.4 Å². The summed E-state index contributed by atoms with van der Waals surface area (Å²) < 4.78 is 10.6. The summed E-state index contributed by atoms with van der Waals surface area (Å²) in [7, 11) is 0.